The molecule has 1 heterocycles. The van der Waals surface area contributed by atoms with Gasteiger partial charge < -0.3 is 15.6 Å². The van der Waals surface area contributed by atoms with Crippen LogP contribution in [0.25, 0.3) is 0 Å². The number of aromatic carboxylic acids is 1. The molecule has 3 aromatic carbocycles. The summed E-state index contributed by atoms with van der Waals surface area (Å²) in [4.78, 5) is 11.7. The summed E-state index contributed by atoms with van der Waals surface area (Å²) in [5.41, 5.74) is 6.65. The number of nitrogen functional groups attached to an aromatic ring is 1. The normalized spacial score (nSPS) is 11.6. The van der Waals surface area contributed by atoms with Crippen molar-refractivity contribution in [2.75, 3.05) is 11.3 Å². The Morgan fingerprint density at radius 2 is 1.64 bits per heavy atom. The Kier molecular flexibility index (Phi) is 8.04. The van der Waals surface area contributed by atoms with Crippen LogP contribution in [0, 0.1) is 5.41 Å². The van der Waals surface area contributed by atoms with Crippen LogP contribution in [0.15, 0.2) is 98.2 Å². The minimum Gasteiger partial charge on any atom is -0.492 e. The number of amidine groups is 1. The second-order valence-electron chi connectivity index (χ2n) is 8.25. The first-order valence-corrected chi connectivity index (χ1v) is 15.2. The van der Waals surface area contributed by atoms with Gasteiger partial charge in [0, 0.05) is 23.1 Å². The van der Waals surface area contributed by atoms with Gasteiger partial charge >= 0.3 is 5.97 Å². The minimum absolute atomic E-state index is 0.0274. The zero-order valence-corrected chi connectivity index (χ0v) is 22.6. The molecule has 0 spiro atoms. The lowest BCUT2D eigenvalue weighted by atomic mass is 10.1. The van der Waals surface area contributed by atoms with E-state index in [0.29, 0.717) is 12.0 Å². The lowest BCUT2D eigenvalue weighted by molar-refractivity contribution is 0.0692. The van der Waals surface area contributed by atoms with Crippen molar-refractivity contribution in [3.8, 4) is 5.75 Å². The zero-order chi connectivity index (χ0) is 28.2. The number of benzene rings is 3. The molecule has 5 N–H and O–H groups in total. The third-order valence-electron chi connectivity index (χ3n) is 5.56. The number of carboxylic acid groups (broad SMARTS) is 1. The van der Waals surface area contributed by atoms with Crippen LogP contribution in [0.1, 0.15) is 21.5 Å². The Balaban J connectivity index is 1.47. The van der Waals surface area contributed by atoms with E-state index in [2.05, 4.69) is 4.72 Å². The van der Waals surface area contributed by atoms with Crippen molar-refractivity contribution in [3.05, 3.63) is 101 Å². The van der Waals surface area contributed by atoms with E-state index >= 15 is 0 Å². The van der Waals surface area contributed by atoms with Gasteiger partial charge in [0.05, 0.1) is 16.4 Å². The average molecular weight is 586 g/mol. The average Bonchev–Trinajstić information content (AvgIpc) is 3.43. The van der Waals surface area contributed by atoms with Gasteiger partial charge in [-0.2, -0.15) is 0 Å². The van der Waals surface area contributed by atoms with Crippen LogP contribution < -0.4 is 15.2 Å². The molecule has 0 saturated carbocycles. The first-order chi connectivity index (χ1) is 18.5. The maximum atomic E-state index is 12.9. The molecule has 0 radical (unpaired) electrons. The Morgan fingerprint density at radius 3 is 2.28 bits per heavy atom. The maximum absolute atomic E-state index is 12.9. The molecule has 0 aliphatic carbocycles. The van der Waals surface area contributed by atoms with Gasteiger partial charge in [-0.05, 0) is 42.0 Å². The lowest BCUT2D eigenvalue weighted by Gasteiger charge is -2.12. The summed E-state index contributed by atoms with van der Waals surface area (Å²) in [5.74, 6) is -1.31. The molecule has 0 saturated heterocycles. The Bertz CT molecular complexity index is 1730. The number of ether oxygens (including phenoxy) is 1. The van der Waals surface area contributed by atoms with E-state index in [-0.39, 0.29) is 43.4 Å². The predicted molar refractivity (Wildman–Crippen MR) is 147 cm³/mol. The van der Waals surface area contributed by atoms with Crippen molar-refractivity contribution in [2.24, 2.45) is 5.73 Å². The highest BCUT2D eigenvalue weighted by atomic mass is 32.2. The molecule has 39 heavy (non-hydrogen) atoms. The SMILES string of the molecule is N=C(N)c1ccc(CCOc2ccc(NS(=O)(=O)c3cc(S(=O)(=O)c4ccccc4)cs3)cc2C(=O)O)cc1. The molecule has 1 aromatic heterocycles. The number of anilines is 1. The molecule has 0 aliphatic rings. The standard InChI is InChI=1S/C26H23N3O7S3/c27-25(28)18-8-6-17(7-9-18)12-13-36-23-11-10-19(14-22(23)26(30)31)29-39(34,35)24-15-21(16-37-24)38(32,33)20-4-2-1-3-5-20/h1-11,14-16,29H,12-13H2,(H3,27,28)(H,30,31). The molecule has 0 aliphatic heterocycles. The van der Waals surface area contributed by atoms with Crippen molar-refractivity contribution >= 4 is 48.7 Å². The van der Waals surface area contributed by atoms with Gasteiger partial charge in [-0.1, -0.05) is 42.5 Å². The van der Waals surface area contributed by atoms with Crippen molar-refractivity contribution in [3.63, 3.8) is 0 Å². The molecular weight excluding hydrogens is 563 g/mol. The number of hydrogen-bond acceptors (Lipinski definition) is 8. The van der Waals surface area contributed by atoms with Crippen LogP contribution in [0.5, 0.6) is 5.75 Å². The van der Waals surface area contributed by atoms with Gasteiger partial charge in [-0.3, -0.25) is 10.1 Å². The highest BCUT2D eigenvalue weighted by Crippen LogP contribution is 2.30. The van der Waals surface area contributed by atoms with Gasteiger partial charge in [-0.15, -0.1) is 11.3 Å². The Hall–Kier alpha value is -4.20. The van der Waals surface area contributed by atoms with Gasteiger partial charge in [0.1, 0.15) is 21.4 Å². The fourth-order valence-electron chi connectivity index (χ4n) is 3.54. The minimum atomic E-state index is -4.21. The molecule has 0 amide bonds. The number of hydrogen-bond donors (Lipinski definition) is 4. The monoisotopic (exact) mass is 585 g/mol. The maximum Gasteiger partial charge on any atom is 0.339 e. The zero-order valence-electron chi connectivity index (χ0n) is 20.2. The number of thiophene rings is 1. The van der Waals surface area contributed by atoms with Crippen molar-refractivity contribution in [2.45, 2.75) is 20.4 Å². The van der Waals surface area contributed by atoms with E-state index in [1.54, 1.807) is 42.5 Å². The lowest BCUT2D eigenvalue weighted by Crippen LogP contribution is -2.13. The summed E-state index contributed by atoms with van der Waals surface area (Å²) in [6, 6.07) is 19.5. The molecule has 10 nitrogen and oxygen atoms in total. The fraction of sp³-hybridized carbons (Fsp3) is 0.0769. The smallest absolute Gasteiger partial charge is 0.339 e. The molecule has 0 fully saturated rings. The van der Waals surface area contributed by atoms with Gasteiger partial charge in [0.2, 0.25) is 9.84 Å². The number of sulfone groups is 1. The van der Waals surface area contributed by atoms with Gasteiger partial charge in [-0.25, -0.2) is 21.6 Å². The summed E-state index contributed by atoms with van der Waals surface area (Å²) in [5, 5.41) is 18.3. The highest BCUT2D eigenvalue weighted by molar-refractivity contribution is 7.95. The highest BCUT2D eigenvalue weighted by Gasteiger charge is 2.24. The van der Waals surface area contributed by atoms with E-state index in [4.69, 9.17) is 15.9 Å². The van der Waals surface area contributed by atoms with Gasteiger partial charge in [0.15, 0.2) is 0 Å². The number of nitrogens with one attached hydrogen (secondary N) is 2. The summed E-state index contributed by atoms with van der Waals surface area (Å²) in [6.07, 6.45) is 0.457. The summed E-state index contributed by atoms with van der Waals surface area (Å²) in [6.45, 7) is 0.151. The molecular formula is C26H23N3O7S3. The van der Waals surface area contributed by atoms with Crippen LogP contribution in [0.2, 0.25) is 0 Å². The molecule has 4 rings (SSSR count). The van der Waals surface area contributed by atoms with Crippen LogP contribution >= 0.6 is 11.3 Å². The first-order valence-electron chi connectivity index (χ1n) is 11.3. The van der Waals surface area contributed by atoms with Gasteiger partial charge in [0.25, 0.3) is 10.0 Å². The van der Waals surface area contributed by atoms with Crippen molar-refractivity contribution in [1.82, 2.24) is 0 Å². The quantitative estimate of drug-likeness (QED) is 0.151. The van der Waals surface area contributed by atoms with Crippen molar-refractivity contribution < 1.29 is 31.5 Å². The van der Waals surface area contributed by atoms with E-state index < -0.39 is 25.8 Å². The van der Waals surface area contributed by atoms with Crippen LogP contribution in [-0.4, -0.2) is 40.4 Å². The van der Waals surface area contributed by atoms with Crippen LogP contribution in [0.4, 0.5) is 5.69 Å². The molecule has 4 aromatic rings. The molecule has 0 unspecified atom stereocenters. The molecule has 13 heteroatoms. The van der Waals surface area contributed by atoms with E-state index in [0.717, 1.165) is 29.0 Å². The van der Waals surface area contributed by atoms with Crippen molar-refractivity contribution in [1.29, 1.82) is 5.41 Å². The molecule has 202 valence electrons. The summed E-state index contributed by atoms with van der Waals surface area (Å²) < 4.78 is 59.2. The molecule has 0 atom stereocenters. The first kappa shape index (κ1) is 27.8. The predicted octanol–water partition coefficient (Wildman–Crippen LogP) is 3.99. The number of rotatable bonds is 11. The van der Waals surface area contributed by atoms with Crippen LogP contribution in [-0.2, 0) is 26.3 Å². The fourth-order valence-corrected chi connectivity index (χ4v) is 7.49. The van der Waals surface area contributed by atoms with E-state index in [1.807, 2.05) is 0 Å². The Morgan fingerprint density at radius 1 is 0.949 bits per heavy atom. The largest absolute Gasteiger partial charge is 0.492 e. The number of sulfonamides is 1. The second-order valence-corrected chi connectivity index (χ2v) is 13.0. The van der Waals surface area contributed by atoms with E-state index in [1.165, 1.54) is 29.6 Å². The van der Waals surface area contributed by atoms with E-state index in [9.17, 15) is 26.7 Å². The third-order valence-corrected chi connectivity index (χ3v) is 10.3. The summed E-state index contributed by atoms with van der Waals surface area (Å²) in [7, 11) is -8.11. The van der Waals surface area contributed by atoms with Crippen LogP contribution in [0.3, 0.4) is 0 Å². The molecule has 0 bridgehead atoms. The number of carbonyl (C=O) groups is 1. The number of carboxylic acids is 1. The number of nitrogens with two attached hydrogens (primary N) is 1. The topological polar surface area (TPSA) is 177 Å². The third kappa shape index (κ3) is 6.45. The second kappa shape index (κ2) is 11.3. The summed E-state index contributed by atoms with van der Waals surface area (Å²) >= 11 is 0.733. The Labute approximate surface area is 229 Å².